The number of nitrogen functional groups attached to an aromatic ring is 1. The average molecular weight is 480 g/mol. The van der Waals surface area contributed by atoms with Crippen molar-refractivity contribution in [1.82, 2.24) is 0 Å². The fraction of sp³-hybridized carbons (Fsp3) is 0.381. The molecule has 0 radical (unpaired) electrons. The summed E-state index contributed by atoms with van der Waals surface area (Å²) in [4.78, 5) is 0. The van der Waals surface area contributed by atoms with Gasteiger partial charge in [-0.2, -0.15) is 40.4 Å². The zero-order chi connectivity index (χ0) is 24.9. The fourth-order valence-corrected chi connectivity index (χ4v) is 2.76. The van der Waals surface area contributed by atoms with Crippen molar-refractivity contribution in [2.24, 2.45) is 0 Å². The van der Waals surface area contributed by atoms with Crippen LogP contribution in [0.4, 0.5) is 52.2 Å². The van der Waals surface area contributed by atoms with Gasteiger partial charge >= 0.3 is 23.7 Å². The molecule has 0 unspecified atom stereocenters. The van der Waals surface area contributed by atoms with E-state index in [0.29, 0.717) is 5.69 Å². The van der Waals surface area contributed by atoms with E-state index in [2.05, 4.69) is 10.6 Å². The summed E-state index contributed by atoms with van der Waals surface area (Å²) in [5.74, 6) is -23.5. The second-order valence-corrected chi connectivity index (χ2v) is 7.22. The first-order valence-electron chi connectivity index (χ1n) is 9.58. The summed E-state index contributed by atoms with van der Waals surface area (Å²) >= 11 is 0. The summed E-state index contributed by atoms with van der Waals surface area (Å²) in [6.45, 7) is -1.79. The number of nitrogens with one attached hydrogen (secondary N) is 2. The fourth-order valence-electron chi connectivity index (χ4n) is 2.76. The zero-order valence-electron chi connectivity index (χ0n) is 17.0. The van der Waals surface area contributed by atoms with Crippen molar-refractivity contribution >= 4 is 17.1 Å². The largest absolute Gasteiger partial charge is 0.399 e. The third-order valence-corrected chi connectivity index (χ3v) is 4.77. The Labute approximate surface area is 184 Å². The Hall–Kier alpha value is -3.23. The van der Waals surface area contributed by atoms with Crippen molar-refractivity contribution in [3.63, 3.8) is 0 Å². The first-order chi connectivity index (χ1) is 15.2. The van der Waals surface area contributed by atoms with Gasteiger partial charge in [0, 0.05) is 43.0 Å². The number of nitrogens with two attached hydrogens (primary N) is 1. The molecule has 2 rings (SSSR count). The summed E-state index contributed by atoms with van der Waals surface area (Å²) in [7, 11) is 0. The SMILES string of the molecule is N#Cc1ccc(NCCC(F)(F)C(F)(F)C(F)(F)C(F)(F)CCNc2ccc(N)cc2)cc1. The standard InChI is InChI=1S/C21H20F8N4/c22-18(23,9-11-32-16-5-1-14(13-30)2-6-16)20(26,27)21(28,29)19(24,25)10-12-33-17-7-3-15(31)4-8-17/h1-8,32-33H,9-12,31H2. The van der Waals surface area contributed by atoms with Crippen molar-refractivity contribution in [2.75, 3.05) is 29.5 Å². The molecule has 4 N–H and O–H groups in total. The number of alkyl halides is 8. The van der Waals surface area contributed by atoms with E-state index in [-0.39, 0.29) is 16.9 Å². The first-order valence-corrected chi connectivity index (χ1v) is 9.58. The van der Waals surface area contributed by atoms with Crippen molar-refractivity contribution < 1.29 is 35.1 Å². The highest BCUT2D eigenvalue weighted by Gasteiger charge is 2.79. The molecule has 0 heterocycles. The lowest BCUT2D eigenvalue weighted by Gasteiger charge is -2.37. The number of anilines is 3. The maximum atomic E-state index is 14.0. The Morgan fingerprint density at radius 2 is 1.03 bits per heavy atom. The minimum atomic E-state index is -6.32. The van der Waals surface area contributed by atoms with Crippen LogP contribution in [0.25, 0.3) is 0 Å². The Morgan fingerprint density at radius 3 is 1.39 bits per heavy atom. The van der Waals surface area contributed by atoms with E-state index in [1.165, 1.54) is 48.5 Å². The van der Waals surface area contributed by atoms with Gasteiger partial charge in [-0.15, -0.1) is 0 Å². The van der Waals surface area contributed by atoms with E-state index in [9.17, 15) is 35.1 Å². The highest BCUT2D eigenvalue weighted by atomic mass is 19.4. The molecule has 0 aliphatic rings. The Kier molecular flexibility index (Phi) is 7.67. The van der Waals surface area contributed by atoms with Gasteiger partial charge < -0.3 is 16.4 Å². The van der Waals surface area contributed by atoms with E-state index >= 15 is 0 Å². The first kappa shape index (κ1) is 26.0. The molecular weight excluding hydrogens is 460 g/mol. The van der Waals surface area contributed by atoms with Gasteiger partial charge in [-0.3, -0.25) is 0 Å². The minimum absolute atomic E-state index is 0.152. The summed E-state index contributed by atoms with van der Waals surface area (Å²) in [5.41, 5.74) is 6.37. The number of nitrogens with zero attached hydrogens (tertiary/aromatic N) is 1. The molecule has 0 saturated carbocycles. The van der Waals surface area contributed by atoms with Crippen LogP contribution in [0.15, 0.2) is 48.5 Å². The zero-order valence-corrected chi connectivity index (χ0v) is 17.0. The predicted octanol–water partition coefficient (Wildman–Crippen LogP) is 5.99. The average Bonchev–Trinajstić information content (AvgIpc) is 2.75. The van der Waals surface area contributed by atoms with Gasteiger partial charge in [0.2, 0.25) is 0 Å². The predicted molar refractivity (Wildman–Crippen MR) is 108 cm³/mol. The molecular formula is C21H20F8N4. The van der Waals surface area contributed by atoms with E-state index in [1.807, 2.05) is 0 Å². The second kappa shape index (κ2) is 9.72. The van der Waals surface area contributed by atoms with Crippen LogP contribution in [0.1, 0.15) is 18.4 Å². The van der Waals surface area contributed by atoms with Crippen molar-refractivity contribution in [1.29, 1.82) is 5.26 Å². The highest BCUT2D eigenvalue weighted by molar-refractivity contribution is 5.51. The molecule has 0 fully saturated rings. The van der Waals surface area contributed by atoms with Crippen molar-refractivity contribution in [3.8, 4) is 6.07 Å². The number of nitriles is 1. The molecule has 0 aromatic heterocycles. The van der Waals surface area contributed by atoms with Crippen LogP contribution in [-0.2, 0) is 0 Å². The Bertz CT molecular complexity index is 954. The van der Waals surface area contributed by atoms with Crippen molar-refractivity contribution in [3.05, 3.63) is 54.1 Å². The lowest BCUT2D eigenvalue weighted by atomic mass is 9.94. The summed E-state index contributed by atoms with van der Waals surface area (Å²) < 4.78 is 112. The van der Waals surface area contributed by atoms with Crippen LogP contribution in [-0.4, -0.2) is 36.8 Å². The van der Waals surface area contributed by atoms with Gasteiger partial charge in [0.05, 0.1) is 11.6 Å². The molecule has 0 amide bonds. The molecule has 0 atom stereocenters. The Balaban J connectivity index is 2.01. The lowest BCUT2D eigenvalue weighted by molar-refractivity contribution is -0.366. The van der Waals surface area contributed by atoms with Gasteiger partial charge in [-0.25, -0.2) is 0 Å². The minimum Gasteiger partial charge on any atom is -0.399 e. The van der Waals surface area contributed by atoms with Gasteiger partial charge in [0.25, 0.3) is 0 Å². The van der Waals surface area contributed by atoms with Crippen LogP contribution in [0.3, 0.4) is 0 Å². The smallest absolute Gasteiger partial charge is 0.378 e. The molecule has 33 heavy (non-hydrogen) atoms. The normalized spacial score (nSPS) is 12.8. The maximum Gasteiger partial charge on any atom is 0.378 e. The monoisotopic (exact) mass is 480 g/mol. The summed E-state index contributed by atoms with van der Waals surface area (Å²) in [6, 6.07) is 12.4. The second-order valence-electron chi connectivity index (χ2n) is 7.22. The molecule has 2 aromatic rings. The summed E-state index contributed by atoms with van der Waals surface area (Å²) in [5, 5.41) is 13.3. The number of hydrogen-bond donors (Lipinski definition) is 3. The maximum absolute atomic E-state index is 14.0. The van der Waals surface area contributed by atoms with E-state index in [4.69, 9.17) is 11.0 Å². The number of halogens is 8. The van der Waals surface area contributed by atoms with Crippen LogP contribution < -0.4 is 16.4 Å². The van der Waals surface area contributed by atoms with Gasteiger partial charge in [-0.1, -0.05) is 0 Å². The highest BCUT2D eigenvalue weighted by Crippen LogP contribution is 2.54. The number of rotatable bonds is 11. The van der Waals surface area contributed by atoms with Crippen molar-refractivity contribution in [2.45, 2.75) is 36.5 Å². The van der Waals surface area contributed by atoms with Crippen LogP contribution in [0.5, 0.6) is 0 Å². The van der Waals surface area contributed by atoms with E-state index in [0.717, 1.165) is 0 Å². The van der Waals surface area contributed by atoms with Gasteiger partial charge in [0.1, 0.15) is 0 Å². The van der Waals surface area contributed by atoms with Crippen LogP contribution in [0, 0.1) is 11.3 Å². The molecule has 4 nitrogen and oxygen atoms in total. The summed E-state index contributed by atoms with van der Waals surface area (Å²) in [6.07, 6.45) is -3.66. The molecule has 0 spiro atoms. The Morgan fingerprint density at radius 1 is 0.667 bits per heavy atom. The quantitative estimate of drug-likeness (QED) is 0.273. The number of hydrogen-bond acceptors (Lipinski definition) is 4. The topological polar surface area (TPSA) is 73.9 Å². The third-order valence-electron chi connectivity index (χ3n) is 4.77. The lowest BCUT2D eigenvalue weighted by Crippen LogP contribution is -2.62. The molecule has 0 aliphatic carbocycles. The van der Waals surface area contributed by atoms with E-state index in [1.54, 1.807) is 6.07 Å². The molecule has 2 aromatic carbocycles. The van der Waals surface area contributed by atoms with Crippen LogP contribution in [0.2, 0.25) is 0 Å². The molecule has 12 heteroatoms. The van der Waals surface area contributed by atoms with Gasteiger partial charge in [-0.05, 0) is 48.5 Å². The molecule has 180 valence electrons. The molecule has 0 bridgehead atoms. The van der Waals surface area contributed by atoms with E-state index < -0.39 is 49.6 Å². The molecule has 0 saturated heterocycles. The van der Waals surface area contributed by atoms with Gasteiger partial charge in [0.15, 0.2) is 0 Å². The number of benzene rings is 2. The molecule has 0 aliphatic heterocycles. The van der Waals surface area contributed by atoms with Crippen LogP contribution >= 0.6 is 0 Å². The third kappa shape index (κ3) is 5.77.